The van der Waals surface area contributed by atoms with Crippen LogP contribution in [0.4, 0.5) is 4.79 Å². The van der Waals surface area contributed by atoms with Gasteiger partial charge in [0, 0.05) is 0 Å². The average Bonchev–Trinajstić information content (AvgIpc) is 2.22. The molecule has 1 aromatic rings. The monoisotopic (exact) mass is 184 g/mol. The topological polar surface area (TPSA) is 55.8 Å². The molecule has 72 valence electrons. The van der Waals surface area contributed by atoms with Gasteiger partial charge in [-0.05, 0) is 12.1 Å². The fourth-order valence-corrected chi connectivity index (χ4v) is 0.603. The minimum Gasteiger partial charge on any atom is -0.393 e. The van der Waals surface area contributed by atoms with Crippen molar-refractivity contribution in [3.63, 3.8) is 0 Å². The van der Waals surface area contributed by atoms with E-state index in [4.69, 9.17) is 5.26 Å². The van der Waals surface area contributed by atoms with Gasteiger partial charge in [0.1, 0.15) is 5.75 Å². The van der Waals surface area contributed by atoms with E-state index < -0.39 is 6.16 Å². The van der Waals surface area contributed by atoms with Gasteiger partial charge >= 0.3 is 6.16 Å². The molecule has 0 fully saturated rings. The zero-order valence-corrected chi connectivity index (χ0v) is 7.56. The molecule has 4 heteroatoms. The van der Waals surface area contributed by atoms with Crippen molar-refractivity contribution in [3.8, 4) is 5.75 Å². The first-order valence-corrected chi connectivity index (χ1v) is 3.91. The fourth-order valence-electron chi connectivity index (χ4n) is 0.603. The molecule has 0 saturated heterocycles. The Morgan fingerprint density at radius 3 is 2.23 bits per heavy atom. The smallest absolute Gasteiger partial charge is 0.393 e. The Hall–Kier alpha value is -1.55. The third kappa shape index (κ3) is 4.81. The first-order chi connectivity index (χ1) is 6.33. The molecule has 0 amide bonds. The molecule has 0 aliphatic heterocycles. The van der Waals surface area contributed by atoms with Crippen LogP contribution in [0.25, 0.3) is 0 Å². The van der Waals surface area contributed by atoms with Crippen molar-refractivity contribution >= 4 is 6.16 Å². The van der Waals surface area contributed by atoms with Crippen LogP contribution in [0.5, 0.6) is 5.75 Å². The number of carbonyl (C=O) groups excluding carboxylic acids is 1. The van der Waals surface area contributed by atoms with Crippen molar-refractivity contribution in [2.24, 2.45) is 0 Å². The van der Waals surface area contributed by atoms with Crippen molar-refractivity contribution in [1.29, 1.82) is 0 Å². The molecular weight excluding hydrogens is 172 g/mol. The zero-order valence-electron chi connectivity index (χ0n) is 7.56. The predicted octanol–water partition coefficient (Wildman–Crippen LogP) is 2.70. The molecule has 0 bridgehead atoms. The minimum absolute atomic E-state index is 0.326. The average molecular weight is 184 g/mol. The van der Waals surface area contributed by atoms with Gasteiger partial charge in [0.2, 0.25) is 0 Å². The van der Waals surface area contributed by atoms with Crippen LogP contribution >= 0.6 is 0 Å². The number of benzene rings is 1. The summed E-state index contributed by atoms with van der Waals surface area (Å²) in [5, 5.41) is 7.82. The molecule has 0 aliphatic rings. The maximum atomic E-state index is 10.3. The van der Waals surface area contributed by atoms with E-state index in [1.807, 2.05) is 13.8 Å². The van der Waals surface area contributed by atoms with Crippen molar-refractivity contribution in [2.75, 3.05) is 0 Å². The van der Waals surface area contributed by atoms with E-state index in [1.54, 1.807) is 30.3 Å². The highest BCUT2D eigenvalue weighted by Gasteiger charge is 2.02. The van der Waals surface area contributed by atoms with Crippen molar-refractivity contribution < 1.29 is 19.7 Å². The molecule has 0 heterocycles. The Balaban J connectivity index is 0.000000671. The lowest BCUT2D eigenvalue weighted by Crippen LogP contribution is -2.07. The van der Waals surface area contributed by atoms with Crippen molar-refractivity contribution in [1.82, 2.24) is 0 Å². The molecule has 0 aromatic heterocycles. The zero-order chi connectivity index (χ0) is 10.1. The quantitative estimate of drug-likeness (QED) is 0.315. The summed E-state index contributed by atoms with van der Waals surface area (Å²) < 4.78 is 4.45. The summed E-state index contributed by atoms with van der Waals surface area (Å²) >= 11 is 0. The second-order valence-corrected chi connectivity index (χ2v) is 1.76. The largest absolute Gasteiger partial charge is 0.545 e. The predicted molar refractivity (Wildman–Crippen MR) is 47.5 cm³/mol. The summed E-state index contributed by atoms with van der Waals surface area (Å²) in [7, 11) is 0. The standard InChI is InChI=1S/C7H6O4.C2H6/c8-7(11-9)10-6-4-2-1-3-5-6;1-2/h1-5,9H;1-2H3. The van der Waals surface area contributed by atoms with Gasteiger partial charge in [-0.3, -0.25) is 4.89 Å². The lowest BCUT2D eigenvalue weighted by Gasteiger charge is -1.98. The maximum Gasteiger partial charge on any atom is 0.545 e. The fraction of sp³-hybridized carbons (Fsp3) is 0.222. The van der Waals surface area contributed by atoms with Crippen molar-refractivity contribution in [2.45, 2.75) is 13.8 Å². The van der Waals surface area contributed by atoms with Crippen LogP contribution < -0.4 is 4.74 Å². The summed E-state index contributed by atoms with van der Waals surface area (Å²) in [4.78, 5) is 13.6. The van der Waals surface area contributed by atoms with Gasteiger partial charge in [0.05, 0.1) is 0 Å². The molecular formula is C9H12O4. The van der Waals surface area contributed by atoms with E-state index >= 15 is 0 Å². The molecule has 0 atom stereocenters. The number of ether oxygens (including phenoxy) is 1. The minimum atomic E-state index is -1.14. The molecule has 0 saturated carbocycles. The third-order valence-electron chi connectivity index (χ3n) is 1.02. The van der Waals surface area contributed by atoms with Gasteiger partial charge in [0.25, 0.3) is 0 Å². The number of hydrogen-bond acceptors (Lipinski definition) is 4. The van der Waals surface area contributed by atoms with Crippen molar-refractivity contribution in [3.05, 3.63) is 30.3 Å². The van der Waals surface area contributed by atoms with Gasteiger partial charge in [-0.15, -0.1) is 0 Å². The second-order valence-electron chi connectivity index (χ2n) is 1.76. The van der Waals surface area contributed by atoms with Crippen LogP contribution in [0, 0.1) is 0 Å². The van der Waals surface area contributed by atoms with Gasteiger partial charge in [-0.2, -0.15) is 5.26 Å². The Labute approximate surface area is 76.6 Å². The van der Waals surface area contributed by atoms with E-state index in [0.29, 0.717) is 5.75 Å². The molecule has 13 heavy (non-hydrogen) atoms. The van der Waals surface area contributed by atoms with E-state index in [0.717, 1.165) is 0 Å². The number of para-hydroxylation sites is 1. The number of rotatable bonds is 1. The van der Waals surface area contributed by atoms with Gasteiger partial charge < -0.3 is 4.74 Å². The van der Waals surface area contributed by atoms with E-state index in [2.05, 4.69) is 9.62 Å². The summed E-state index contributed by atoms with van der Waals surface area (Å²) in [6.45, 7) is 4.00. The van der Waals surface area contributed by atoms with Gasteiger partial charge in [0.15, 0.2) is 0 Å². The molecule has 0 unspecified atom stereocenters. The Morgan fingerprint density at radius 1 is 1.23 bits per heavy atom. The number of carbonyl (C=O) groups is 1. The summed E-state index contributed by atoms with van der Waals surface area (Å²) in [5.41, 5.74) is 0. The molecule has 1 aromatic carbocycles. The molecule has 4 nitrogen and oxygen atoms in total. The van der Waals surface area contributed by atoms with Crippen LogP contribution in [0.1, 0.15) is 13.8 Å². The Kier molecular flexibility index (Phi) is 6.27. The van der Waals surface area contributed by atoms with E-state index in [1.165, 1.54) is 0 Å². The Morgan fingerprint density at radius 2 is 1.77 bits per heavy atom. The van der Waals surface area contributed by atoms with Gasteiger partial charge in [-0.1, -0.05) is 32.0 Å². The molecule has 0 radical (unpaired) electrons. The molecule has 1 rings (SSSR count). The SMILES string of the molecule is CC.O=C(OO)Oc1ccccc1. The second kappa shape index (κ2) is 7.12. The van der Waals surface area contributed by atoms with Crippen LogP contribution in [0.2, 0.25) is 0 Å². The van der Waals surface area contributed by atoms with Crippen LogP contribution in [-0.2, 0) is 4.89 Å². The lowest BCUT2D eigenvalue weighted by molar-refractivity contribution is -0.191. The van der Waals surface area contributed by atoms with E-state index in [9.17, 15) is 4.79 Å². The molecule has 1 N–H and O–H groups in total. The first-order valence-electron chi connectivity index (χ1n) is 3.91. The maximum absolute atomic E-state index is 10.3. The first kappa shape index (κ1) is 11.4. The molecule has 0 aliphatic carbocycles. The normalized spacial score (nSPS) is 7.92. The summed E-state index contributed by atoms with van der Waals surface area (Å²) in [6, 6.07) is 8.30. The Bertz CT molecular complexity index is 233. The van der Waals surface area contributed by atoms with Crippen LogP contribution in [0.3, 0.4) is 0 Å². The van der Waals surface area contributed by atoms with Crippen LogP contribution in [0.15, 0.2) is 30.3 Å². The summed E-state index contributed by atoms with van der Waals surface area (Å²) in [5.74, 6) is 0.326. The van der Waals surface area contributed by atoms with Crippen LogP contribution in [-0.4, -0.2) is 11.4 Å². The number of hydrogen-bond donors (Lipinski definition) is 1. The van der Waals surface area contributed by atoms with E-state index in [-0.39, 0.29) is 0 Å². The molecule has 0 spiro atoms. The highest BCUT2D eigenvalue weighted by atomic mass is 17.1. The highest BCUT2D eigenvalue weighted by Crippen LogP contribution is 2.08. The lowest BCUT2D eigenvalue weighted by atomic mass is 10.3. The summed E-state index contributed by atoms with van der Waals surface area (Å²) in [6.07, 6.45) is -1.14. The highest BCUT2D eigenvalue weighted by molar-refractivity contribution is 5.62. The van der Waals surface area contributed by atoms with Gasteiger partial charge in [-0.25, -0.2) is 4.79 Å². The third-order valence-corrected chi connectivity index (χ3v) is 1.02.